The van der Waals surface area contributed by atoms with Gasteiger partial charge < -0.3 is 5.11 Å². The van der Waals surface area contributed by atoms with Crippen molar-refractivity contribution >= 4 is 27.5 Å². The van der Waals surface area contributed by atoms with E-state index in [0.717, 1.165) is 15.7 Å². The fourth-order valence-electron chi connectivity index (χ4n) is 1.80. The number of nitrogens with zero attached hydrogens (tertiary/aromatic N) is 1. The van der Waals surface area contributed by atoms with Crippen LogP contribution in [-0.2, 0) is 6.42 Å². The zero-order chi connectivity index (χ0) is 13.0. The summed E-state index contributed by atoms with van der Waals surface area (Å²) in [6.07, 6.45) is 2.48. The molecule has 2 nitrogen and oxygen atoms in total. The largest absolute Gasteiger partial charge is 0.396 e. The number of benzene rings is 1. The average molecular weight is 327 g/mol. The summed E-state index contributed by atoms with van der Waals surface area (Å²) in [5.41, 5.74) is 2.04. The number of hydrogen-bond donors (Lipinski definition) is 1. The summed E-state index contributed by atoms with van der Waals surface area (Å²) < 4.78 is 0.957. The van der Waals surface area contributed by atoms with Gasteiger partial charge in [0, 0.05) is 27.3 Å². The molecule has 18 heavy (non-hydrogen) atoms. The number of aliphatic hydroxyl groups is 1. The normalized spacial score (nSPS) is 12.4. The van der Waals surface area contributed by atoms with Crippen molar-refractivity contribution in [3.8, 4) is 0 Å². The molecule has 1 atom stereocenters. The quantitative estimate of drug-likeness (QED) is 0.926. The molecule has 94 valence electrons. The van der Waals surface area contributed by atoms with Crippen LogP contribution >= 0.6 is 27.5 Å². The second-order valence-corrected chi connectivity index (χ2v) is 5.46. The molecule has 0 bridgehead atoms. The molecule has 1 heterocycles. The van der Waals surface area contributed by atoms with Crippen LogP contribution < -0.4 is 0 Å². The summed E-state index contributed by atoms with van der Waals surface area (Å²) in [4.78, 5) is 4.33. The minimum absolute atomic E-state index is 0.0518. The van der Waals surface area contributed by atoms with Gasteiger partial charge in [-0.1, -0.05) is 23.7 Å². The van der Waals surface area contributed by atoms with E-state index in [1.165, 1.54) is 0 Å². The molecule has 0 radical (unpaired) electrons. The summed E-state index contributed by atoms with van der Waals surface area (Å²) in [7, 11) is 0. The van der Waals surface area contributed by atoms with E-state index in [9.17, 15) is 5.11 Å². The van der Waals surface area contributed by atoms with E-state index in [0.29, 0.717) is 11.4 Å². The van der Waals surface area contributed by atoms with Crippen molar-refractivity contribution < 1.29 is 5.11 Å². The maximum Gasteiger partial charge on any atom is 0.0503 e. The third kappa shape index (κ3) is 3.55. The van der Waals surface area contributed by atoms with Crippen molar-refractivity contribution in [2.24, 2.45) is 0 Å². The van der Waals surface area contributed by atoms with E-state index in [4.69, 9.17) is 11.6 Å². The maximum absolute atomic E-state index is 9.49. The molecule has 2 aromatic rings. The lowest BCUT2D eigenvalue weighted by molar-refractivity contribution is 0.264. The smallest absolute Gasteiger partial charge is 0.0503 e. The first kappa shape index (κ1) is 13.5. The topological polar surface area (TPSA) is 33.1 Å². The highest BCUT2D eigenvalue weighted by molar-refractivity contribution is 9.10. The van der Waals surface area contributed by atoms with Gasteiger partial charge in [0.05, 0.1) is 6.61 Å². The fraction of sp³-hybridized carbons (Fsp3) is 0.214. The van der Waals surface area contributed by atoms with Gasteiger partial charge in [-0.05, 0) is 52.2 Å². The van der Waals surface area contributed by atoms with Crippen molar-refractivity contribution in [2.45, 2.75) is 12.3 Å². The Morgan fingerprint density at radius 2 is 1.89 bits per heavy atom. The highest BCUT2D eigenvalue weighted by Gasteiger charge is 2.12. The van der Waals surface area contributed by atoms with Gasteiger partial charge in [-0.2, -0.15) is 0 Å². The Labute approximate surface area is 120 Å². The van der Waals surface area contributed by atoms with E-state index in [1.54, 1.807) is 6.20 Å². The second kappa shape index (κ2) is 6.32. The van der Waals surface area contributed by atoms with Gasteiger partial charge in [0.15, 0.2) is 0 Å². The molecule has 0 spiro atoms. The van der Waals surface area contributed by atoms with Crippen LogP contribution in [0.2, 0.25) is 5.02 Å². The molecule has 0 saturated heterocycles. The molecular formula is C14H13BrClNO. The van der Waals surface area contributed by atoms with Gasteiger partial charge in [0.2, 0.25) is 0 Å². The predicted octanol–water partition coefficient (Wildman–Crippen LogP) is 3.82. The van der Waals surface area contributed by atoms with Gasteiger partial charge in [-0.15, -0.1) is 0 Å². The zero-order valence-electron chi connectivity index (χ0n) is 9.68. The average Bonchev–Trinajstić information content (AvgIpc) is 2.39. The second-order valence-electron chi connectivity index (χ2n) is 4.10. The number of aromatic nitrogens is 1. The molecule has 0 amide bonds. The molecule has 1 aromatic carbocycles. The Hall–Kier alpha value is -0.900. The number of hydrogen-bond acceptors (Lipinski definition) is 2. The Morgan fingerprint density at radius 3 is 2.44 bits per heavy atom. The molecule has 0 saturated carbocycles. The van der Waals surface area contributed by atoms with E-state index in [2.05, 4.69) is 20.9 Å². The fourth-order valence-corrected chi connectivity index (χ4v) is 2.16. The van der Waals surface area contributed by atoms with E-state index >= 15 is 0 Å². The number of halogens is 2. The highest BCUT2D eigenvalue weighted by atomic mass is 79.9. The Morgan fingerprint density at radius 1 is 1.17 bits per heavy atom. The van der Waals surface area contributed by atoms with Crippen LogP contribution in [0.4, 0.5) is 0 Å². The van der Waals surface area contributed by atoms with Gasteiger partial charge in [-0.3, -0.25) is 4.98 Å². The SMILES string of the molecule is OCC(Cc1ccc(Br)cn1)c1ccc(Cl)cc1. The van der Waals surface area contributed by atoms with Crippen molar-refractivity contribution in [3.05, 3.63) is 63.3 Å². The lowest BCUT2D eigenvalue weighted by Crippen LogP contribution is -2.08. The molecule has 2 rings (SSSR count). The molecule has 0 aliphatic heterocycles. The van der Waals surface area contributed by atoms with Gasteiger partial charge in [0.25, 0.3) is 0 Å². The Kier molecular flexibility index (Phi) is 4.75. The van der Waals surface area contributed by atoms with Crippen molar-refractivity contribution in [1.29, 1.82) is 0 Å². The number of aliphatic hydroxyl groups excluding tert-OH is 1. The Balaban J connectivity index is 2.14. The maximum atomic E-state index is 9.49. The van der Waals surface area contributed by atoms with Crippen LogP contribution in [0.5, 0.6) is 0 Å². The summed E-state index contributed by atoms with van der Waals surface area (Å²) in [5, 5.41) is 10.2. The number of pyridine rings is 1. The van der Waals surface area contributed by atoms with Gasteiger partial charge >= 0.3 is 0 Å². The van der Waals surface area contributed by atoms with E-state index in [1.807, 2.05) is 36.4 Å². The molecule has 0 fully saturated rings. The molecule has 0 aliphatic carbocycles. The standard InChI is InChI=1S/C14H13BrClNO/c15-12-3-6-14(17-8-12)7-11(9-18)10-1-4-13(16)5-2-10/h1-6,8,11,18H,7,9H2. The zero-order valence-corrected chi connectivity index (χ0v) is 12.0. The van der Waals surface area contributed by atoms with Crippen LogP contribution in [0.25, 0.3) is 0 Å². The van der Waals surface area contributed by atoms with Crippen LogP contribution in [0.3, 0.4) is 0 Å². The molecule has 4 heteroatoms. The van der Waals surface area contributed by atoms with Crippen LogP contribution in [0.1, 0.15) is 17.2 Å². The van der Waals surface area contributed by atoms with Crippen molar-refractivity contribution in [1.82, 2.24) is 4.98 Å². The van der Waals surface area contributed by atoms with Crippen molar-refractivity contribution in [2.75, 3.05) is 6.61 Å². The lowest BCUT2D eigenvalue weighted by atomic mass is 9.95. The highest BCUT2D eigenvalue weighted by Crippen LogP contribution is 2.22. The first-order valence-electron chi connectivity index (χ1n) is 5.66. The first-order chi connectivity index (χ1) is 8.69. The van der Waals surface area contributed by atoms with Crippen LogP contribution in [-0.4, -0.2) is 16.7 Å². The summed E-state index contributed by atoms with van der Waals surface area (Å²) in [6, 6.07) is 11.5. The third-order valence-electron chi connectivity index (χ3n) is 2.81. The lowest BCUT2D eigenvalue weighted by Gasteiger charge is -2.14. The molecule has 1 aromatic heterocycles. The third-order valence-corrected chi connectivity index (χ3v) is 3.53. The molecule has 1 unspecified atom stereocenters. The monoisotopic (exact) mass is 325 g/mol. The minimum atomic E-state index is 0.0518. The van der Waals surface area contributed by atoms with Crippen LogP contribution in [0.15, 0.2) is 47.1 Å². The number of rotatable bonds is 4. The van der Waals surface area contributed by atoms with Gasteiger partial charge in [-0.25, -0.2) is 0 Å². The summed E-state index contributed by atoms with van der Waals surface area (Å²) in [6.45, 7) is 0.0966. The molecule has 0 aliphatic rings. The Bertz CT molecular complexity index is 498. The van der Waals surface area contributed by atoms with E-state index < -0.39 is 0 Å². The van der Waals surface area contributed by atoms with E-state index in [-0.39, 0.29) is 12.5 Å². The summed E-state index contributed by atoms with van der Waals surface area (Å²) >= 11 is 9.21. The van der Waals surface area contributed by atoms with Gasteiger partial charge in [0.1, 0.15) is 0 Å². The van der Waals surface area contributed by atoms with Crippen molar-refractivity contribution in [3.63, 3.8) is 0 Å². The predicted molar refractivity (Wildman–Crippen MR) is 76.9 cm³/mol. The summed E-state index contributed by atoms with van der Waals surface area (Å²) in [5.74, 6) is 0.0518. The molecular weight excluding hydrogens is 314 g/mol. The minimum Gasteiger partial charge on any atom is -0.396 e. The molecule has 1 N–H and O–H groups in total. The van der Waals surface area contributed by atoms with Crippen LogP contribution in [0, 0.1) is 0 Å². The first-order valence-corrected chi connectivity index (χ1v) is 6.83.